The molecule has 0 aromatic rings. The van der Waals surface area contributed by atoms with Crippen LogP contribution in [-0.4, -0.2) is 72.4 Å². The van der Waals surface area contributed by atoms with Gasteiger partial charge >= 0.3 is 5.97 Å². The van der Waals surface area contributed by atoms with Gasteiger partial charge < -0.3 is 25.2 Å². The average molecular weight is 626 g/mol. The number of rotatable bonds is 11. The minimum Gasteiger partial charge on any atom is -0.463 e. The number of carbonyl (C=O) groups excluding carboxylic acids is 3. The summed E-state index contributed by atoms with van der Waals surface area (Å²) in [6.45, 7) is 6.02. The van der Waals surface area contributed by atoms with E-state index in [4.69, 9.17) is 15.2 Å². The molecular weight excluding hydrogens is 570 g/mol. The zero-order valence-electron chi connectivity index (χ0n) is 27.3. The first kappa shape index (κ1) is 32.8. The largest absolute Gasteiger partial charge is 0.463 e. The van der Waals surface area contributed by atoms with Crippen molar-refractivity contribution in [3.63, 3.8) is 0 Å². The number of aliphatic hydroxyl groups is 1. The number of piperidine rings is 1. The number of Topliss-reactive ketones (excluding diaryl/α,β-unsaturated/α-hetero) is 2. The number of likely N-dealkylation sites (N-methyl/N-ethyl adjacent to an activating group) is 1. The molecule has 6 aliphatic rings. The number of fused-ring (bicyclic) bond motifs is 3. The van der Waals surface area contributed by atoms with Crippen molar-refractivity contribution in [1.82, 2.24) is 0 Å². The van der Waals surface area contributed by atoms with E-state index in [0.29, 0.717) is 30.3 Å². The van der Waals surface area contributed by atoms with Crippen LogP contribution in [0.5, 0.6) is 0 Å². The van der Waals surface area contributed by atoms with Gasteiger partial charge in [-0.3, -0.25) is 15.3 Å². The highest BCUT2D eigenvalue weighted by Gasteiger charge is 2.87. The molecule has 6 rings (SSSR count). The lowest BCUT2D eigenvalue weighted by Gasteiger charge is -2.37. The third-order valence-electron chi connectivity index (χ3n) is 12.1. The lowest BCUT2D eigenvalue weighted by molar-refractivity contribution is -0.699. The van der Waals surface area contributed by atoms with E-state index in [1.165, 1.54) is 5.57 Å². The van der Waals surface area contributed by atoms with Gasteiger partial charge in [-0.1, -0.05) is 30.6 Å². The van der Waals surface area contributed by atoms with E-state index in [0.717, 1.165) is 76.5 Å². The van der Waals surface area contributed by atoms with Crippen LogP contribution in [0.3, 0.4) is 0 Å². The molecule has 0 radical (unpaired) electrons. The van der Waals surface area contributed by atoms with Crippen LogP contribution in [0.15, 0.2) is 34.9 Å². The summed E-state index contributed by atoms with van der Waals surface area (Å²) < 4.78 is 12.3. The second-order valence-corrected chi connectivity index (χ2v) is 14.8. The van der Waals surface area contributed by atoms with Gasteiger partial charge in [-0.25, -0.2) is 4.79 Å². The molecule has 2 saturated heterocycles. The molecule has 0 spiro atoms. The van der Waals surface area contributed by atoms with Gasteiger partial charge in [-0.05, 0) is 94.3 Å². The molecule has 7 N–H and O–H groups in total. The lowest BCUT2D eigenvalue weighted by atomic mass is 9.60. The fourth-order valence-corrected chi connectivity index (χ4v) is 9.37. The number of nitrogens with two attached hydrogens (primary N) is 3. The first-order valence-electron chi connectivity index (χ1n) is 17.8. The van der Waals surface area contributed by atoms with E-state index in [1.807, 2.05) is 6.92 Å². The van der Waals surface area contributed by atoms with Crippen molar-refractivity contribution < 1.29 is 39.6 Å². The summed E-state index contributed by atoms with van der Waals surface area (Å²) in [6, 6.07) is 0.189. The van der Waals surface area contributed by atoms with Crippen molar-refractivity contribution in [1.29, 1.82) is 0 Å². The van der Waals surface area contributed by atoms with Crippen LogP contribution in [0.2, 0.25) is 0 Å². The predicted octanol–water partition coefficient (Wildman–Crippen LogP) is 1.60. The fourth-order valence-electron chi connectivity index (χ4n) is 9.37. The molecule has 4 aliphatic carbocycles. The van der Waals surface area contributed by atoms with Gasteiger partial charge in [0.05, 0.1) is 19.7 Å². The van der Waals surface area contributed by atoms with Gasteiger partial charge in [0.2, 0.25) is 0 Å². The Morgan fingerprint density at radius 2 is 1.93 bits per heavy atom. The van der Waals surface area contributed by atoms with Crippen LogP contribution in [0, 0.1) is 29.6 Å². The van der Waals surface area contributed by atoms with E-state index in [9.17, 15) is 19.5 Å². The summed E-state index contributed by atoms with van der Waals surface area (Å²) in [5.74, 6) is -0.962. The Hall–Kier alpha value is -2.17. The Balaban J connectivity index is 1.22. The van der Waals surface area contributed by atoms with Gasteiger partial charge in [-0.2, -0.15) is 0 Å². The number of quaternary nitrogens is 2. The number of hydrogen-bond donors (Lipinski definition) is 4. The van der Waals surface area contributed by atoms with Crippen LogP contribution in [0.4, 0.5) is 0 Å². The number of ether oxygens (including phenoxy) is 2. The average Bonchev–Trinajstić information content (AvgIpc) is 3.75. The molecule has 0 bridgehead atoms. The standard InChI is InChI=1S/C36H53N3O6/c1-3-38-30-18-25-9-5-4-8-24(25)17-26(30)21-44-34(43)36-33(42)29-11-7-6-10-28(29)32(41)35(36,45-36)19-27(20-40)22(2)12-13-23-14-15-39-31(37)16-23/h5,9,18,23-24,26,28-31,38-40H,3-4,6-8,10-17,19-21,37H2,1-2H3/p+2. The molecule has 9 atom stereocenters. The molecular formula is C36H55N3O6+2. The summed E-state index contributed by atoms with van der Waals surface area (Å²) in [4.78, 5) is 42.6. The Morgan fingerprint density at radius 3 is 2.67 bits per heavy atom. The van der Waals surface area contributed by atoms with Gasteiger partial charge in [0.25, 0.3) is 5.60 Å². The Morgan fingerprint density at radius 1 is 1.16 bits per heavy atom. The molecule has 0 aromatic heterocycles. The van der Waals surface area contributed by atoms with Crippen LogP contribution in [-0.2, 0) is 23.9 Å². The molecule has 45 heavy (non-hydrogen) atoms. The zero-order valence-corrected chi connectivity index (χ0v) is 27.3. The summed E-state index contributed by atoms with van der Waals surface area (Å²) >= 11 is 0. The molecule has 9 heteroatoms. The van der Waals surface area contributed by atoms with E-state index < -0.39 is 29.0 Å². The monoisotopic (exact) mass is 625 g/mol. The topological polar surface area (TPSA) is 152 Å². The molecule has 0 amide bonds. The van der Waals surface area contributed by atoms with Crippen molar-refractivity contribution in [2.75, 3.05) is 26.3 Å². The molecule has 2 saturated carbocycles. The Labute approximate surface area is 267 Å². The van der Waals surface area contributed by atoms with E-state index >= 15 is 0 Å². The molecule has 4 fully saturated rings. The van der Waals surface area contributed by atoms with E-state index in [1.54, 1.807) is 0 Å². The summed E-state index contributed by atoms with van der Waals surface area (Å²) in [6.07, 6.45) is 16.9. The molecule has 0 aromatic carbocycles. The second-order valence-electron chi connectivity index (χ2n) is 14.8. The van der Waals surface area contributed by atoms with Crippen molar-refractivity contribution >= 4 is 17.5 Å². The number of aliphatic hydroxyl groups excluding tert-OH is 1. The summed E-state index contributed by atoms with van der Waals surface area (Å²) in [7, 11) is 0. The number of esters is 1. The number of ketones is 2. The minimum atomic E-state index is -1.90. The number of hydrogen-bond acceptors (Lipinski definition) is 7. The van der Waals surface area contributed by atoms with Gasteiger partial charge in [0.15, 0.2) is 17.2 Å². The van der Waals surface area contributed by atoms with Gasteiger partial charge in [-0.15, -0.1) is 0 Å². The maximum atomic E-state index is 14.3. The van der Waals surface area contributed by atoms with Crippen LogP contribution >= 0.6 is 0 Å². The van der Waals surface area contributed by atoms with Crippen LogP contribution in [0.25, 0.3) is 0 Å². The molecule has 2 heterocycles. The number of epoxide rings is 1. The fraction of sp³-hybridized carbons (Fsp3) is 0.750. The summed E-state index contributed by atoms with van der Waals surface area (Å²) in [5, 5.41) is 15.0. The highest BCUT2D eigenvalue weighted by atomic mass is 16.7. The lowest BCUT2D eigenvalue weighted by Crippen LogP contribution is -2.94. The molecule has 9 nitrogen and oxygen atoms in total. The van der Waals surface area contributed by atoms with Crippen molar-refractivity contribution in [2.24, 2.45) is 35.3 Å². The second kappa shape index (κ2) is 13.5. The van der Waals surface area contributed by atoms with Crippen LogP contribution in [0.1, 0.15) is 90.9 Å². The van der Waals surface area contributed by atoms with Gasteiger partial charge in [0, 0.05) is 30.6 Å². The normalized spacial score (nSPS) is 39.6. The first-order chi connectivity index (χ1) is 21.7. The third kappa shape index (κ3) is 6.04. The van der Waals surface area contributed by atoms with Crippen molar-refractivity contribution in [2.45, 2.75) is 114 Å². The third-order valence-corrected chi connectivity index (χ3v) is 12.1. The first-order valence-corrected chi connectivity index (χ1v) is 17.8. The van der Waals surface area contributed by atoms with E-state index in [2.05, 4.69) is 35.8 Å². The van der Waals surface area contributed by atoms with Crippen molar-refractivity contribution in [3.8, 4) is 0 Å². The Kier molecular flexibility index (Phi) is 9.84. The van der Waals surface area contributed by atoms with Gasteiger partial charge in [0.1, 0.15) is 18.8 Å². The smallest absolute Gasteiger partial charge is 0.350 e. The predicted molar refractivity (Wildman–Crippen MR) is 168 cm³/mol. The van der Waals surface area contributed by atoms with Crippen molar-refractivity contribution in [3.05, 3.63) is 34.9 Å². The zero-order chi connectivity index (χ0) is 31.8. The maximum Gasteiger partial charge on any atom is 0.350 e. The molecule has 9 unspecified atom stereocenters. The minimum absolute atomic E-state index is 0.0619. The maximum absolute atomic E-state index is 14.3. The number of carbonyl (C=O) groups is 3. The molecule has 2 aliphatic heterocycles. The number of allylic oxidation sites excluding steroid dienone is 4. The quantitative estimate of drug-likeness (QED) is 0.118. The SMILES string of the molecule is CC[NH2+]C1C=C2C=CCCC2CC1COC(=O)C12OC1(CC(CO)=C(C)CCC1CC[NH2+]C(N)C1)C(=O)C1CCCCC1C2=O. The summed E-state index contributed by atoms with van der Waals surface area (Å²) in [5.41, 5.74) is 5.76. The van der Waals surface area contributed by atoms with E-state index in [-0.39, 0.29) is 49.3 Å². The van der Waals surface area contributed by atoms with Crippen LogP contribution < -0.4 is 16.4 Å². The molecule has 248 valence electrons. The Bertz CT molecular complexity index is 1260. The highest BCUT2D eigenvalue weighted by Crippen LogP contribution is 2.62. The highest BCUT2D eigenvalue weighted by molar-refractivity contribution is 6.23.